The molecule has 39 heavy (non-hydrogen) atoms. The van der Waals surface area contributed by atoms with Gasteiger partial charge in [0.2, 0.25) is 11.8 Å². The van der Waals surface area contributed by atoms with Gasteiger partial charge in [0, 0.05) is 28.8 Å². The Morgan fingerprint density at radius 3 is 2.46 bits per heavy atom. The van der Waals surface area contributed by atoms with Crippen molar-refractivity contribution in [3.63, 3.8) is 0 Å². The summed E-state index contributed by atoms with van der Waals surface area (Å²) in [5.74, 6) is -1.56. The number of anilines is 1. The number of amides is 2. The van der Waals surface area contributed by atoms with Crippen LogP contribution in [0.4, 0.5) is 18.9 Å². The third-order valence-corrected chi connectivity index (χ3v) is 5.51. The van der Waals surface area contributed by atoms with E-state index in [1.807, 2.05) is 6.07 Å². The van der Waals surface area contributed by atoms with Crippen molar-refractivity contribution in [2.24, 2.45) is 0 Å². The molecule has 2 amide bonds. The molecule has 0 saturated carbocycles. The van der Waals surface area contributed by atoms with Gasteiger partial charge in [0.15, 0.2) is 0 Å². The molecule has 1 heterocycles. The first-order chi connectivity index (χ1) is 18.7. The number of carbonyl (C=O) groups excluding carboxylic acids is 2. The van der Waals surface area contributed by atoms with Crippen LogP contribution in [0.1, 0.15) is 11.1 Å². The predicted molar refractivity (Wildman–Crippen MR) is 137 cm³/mol. The second kappa shape index (κ2) is 12.2. The first-order valence-electron chi connectivity index (χ1n) is 11.4. The molecule has 9 nitrogen and oxygen atoms in total. The molecular weight excluding hydrogens is 537 g/mol. The van der Waals surface area contributed by atoms with Crippen LogP contribution in [0.25, 0.3) is 11.8 Å². The summed E-state index contributed by atoms with van der Waals surface area (Å²) in [5, 5.41) is 16.8. The van der Waals surface area contributed by atoms with Gasteiger partial charge in [0.25, 0.3) is 0 Å². The minimum atomic E-state index is -4.83. The first-order valence-corrected chi connectivity index (χ1v) is 11.8. The van der Waals surface area contributed by atoms with E-state index in [0.29, 0.717) is 16.3 Å². The van der Waals surface area contributed by atoms with Crippen LogP contribution in [-0.4, -0.2) is 44.4 Å². The molecule has 0 bridgehead atoms. The smallest absolute Gasteiger partial charge is 0.406 e. The maximum absolute atomic E-state index is 13.1. The van der Waals surface area contributed by atoms with Crippen molar-refractivity contribution in [1.82, 2.24) is 25.5 Å². The summed E-state index contributed by atoms with van der Waals surface area (Å²) in [6, 6.07) is 17.6. The van der Waals surface area contributed by atoms with Crippen LogP contribution in [0, 0.1) is 0 Å². The predicted octanol–water partition coefficient (Wildman–Crippen LogP) is 4.59. The van der Waals surface area contributed by atoms with Gasteiger partial charge in [-0.3, -0.25) is 9.59 Å². The number of alkyl halides is 3. The highest BCUT2D eigenvalue weighted by Gasteiger charge is 2.31. The first kappa shape index (κ1) is 27.3. The lowest BCUT2D eigenvalue weighted by Crippen LogP contribution is -2.44. The van der Waals surface area contributed by atoms with Crippen LogP contribution in [0.3, 0.4) is 0 Å². The van der Waals surface area contributed by atoms with E-state index >= 15 is 0 Å². The Kier molecular flexibility index (Phi) is 8.56. The maximum Gasteiger partial charge on any atom is 0.573 e. The zero-order chi connectivity index (χ0) is 27.8. The second-order valence-electron chi connectivity index (χ2n) is 8.10. The summed E-state index contributed by atoms with van der Waals surface area (Å²) >= 11 is 6.12. The number of rotatable bonds is 9. The number of carbonyl (C=O) groups is 2. The van der Waals surface area contributed by atoms with Gasteiger partial charge in [-0.25, -0.2) is 0 Å². The van der Waals surface area contributed by atoms with Gasteiger partial charge in [-0.15, -0.1) is 18.3 Å². The van der Waals surface area contributed by atoms with Crippen molar-refractivity contribution in [2.45, 2.75) is 18.8 Å². The Labute approximate surface area is 225 Å². The monoisotopic (exact) mass is 556 g/mol. The molecule has 0 radical (unpaired) electrons. The number of halogens is 4. The van der Waals surface area contributed by atoms with Crippen LogP contribution in [0.5, 0.6) is 5.75 Å². The molecule has 0 aliphatic rings. The number of hydrogen-bond donors (Lipinski definition) is 2. The summed E-state index contributed by atoms with van der Waals surface area (Å²) in [5.41, 5.74) is 2.13. The summed E-state index contributed by atoms with van der Waals surface area (Å²) in [6.45, 7) is 0. The molecule has 3 aromatic carbocycles. The normalized spacial score (nSPS) is 12.2. The summed E-state index contributed by atoms with van der Waals surface area (Å²) < 4.78 is 42.5. The summed E-state index contributed by atoms with van der Waals surface area (Å²) in [4.78, 5) is 25.9. The molecule has 0 spiro atoms. The van der Waals surface area contributed by atoms with E-state index in [-0.39, 0.29) is 12.1 Å². The number of nitrogens with one attached hydrogen (secondary N) is 2. The molecule has 2 N–H and O–H groups in total. The fraction of sp³-hybridized carbons (Fsp3) is 0.115. The molecular formula is C26H20ClF3N6O3. The molecule has 4 aromatic rings. The van der Waals surface area contributed by atoms with Crippen molar-refractivity contribution in [1.29, 1.82) is 0 Å². The van der Waals surface area contributed by atoms with E-state index in [0.717, 1.165) is 17.7 Å². The van der Waals surface area contributed by atoms with Crippen molar-refractivity contribution in [3.8, 4) is 11.4 Å². The van der Waals surface area contributed by atoms with Gasteiger partial charge in [-0.1, -0.05) is 41.9 Å². The lowest BCUT2D eigenvalue weighted by molar-refractivity contribution is -0.274. The van der Waals surface area contributed by atoms with E-state index in [2.05, 4.69) is 30.9 Å². The number of nitrogens with zero attached hydrogens (tertiary/aromatic N) is 4. The van der Waals surface area contributed by atoms with Gasteiger partial charge in [-0.05, 0) is 64.5 Å². The van der Waals surface area contributed by atoms with Crippen LogP contribution in [-0.2, 0) is 16.0 Å². The second-order valence-corrected chi connectivity index (χ2v) is 8.54. The fourth-order valence-corrected chi connectivity index (χ4v) is 3.73. The number of ether oxygens (including phenoxy) is 1. The van der Waals surface area contributed by atoms with Gasteiger partial charge in [0.05, 0.1) is 5.69 Å². The zero-order valence-electron chi connectivity index (χ0n) is 20.0. The number of benzene rings is 3. The largest absolute Gasteiger partial charge is 0.573 e. The lowest BCUT2D eigenvalue weighted by Gasteiger charge is -2.18. The minimum absolute atomic E-state index is 0.161. The van der Waals surface area contributed by atoms with Crippen molar-refractivity contribution in [2.75, 3.05) is 5.32 Å². The molecule has 1 atom stereocenters. The van der Waals surface area contributed by atoms with Gasteiger partial charge in [0.1, 0.15) is 18.1 Å². The lowest BCUT2D eigenvalue weighted by atomic mass is 10.0. The van der Waals surface area contributed by atoms with E-state index in [9.17, 15) is 22.8 Å². The van der Waals surface area contributed by atoms with Crippen LogP contribution in [0.15, 0.2) is 85.2 Å². The van der Waals surface area contributed by atoms with Gasteiger partial charge >= 0.3 is 6.36 Å². The average Bonchev–Trinajstić information content (AvgIpc) is 3.43. The number of hydrogen-bond acceptors (Lipinski definition) is 6. The molecule has 1 aromatic heterocycles. The molecule has 13 heteroatoms. The highest BCUT2D eigenvalue weighted by atomic mass is 35.5. The van der Waals surface area contributed by atoms with Gasteiger partial charge < -0.3 is 15.4 Å². The topological polar surface area (TPSA) is 111 Å². The van der Waals surface area contributed by atoms with Crippen molar-refractivity contribution >= 4 is 35.2 Å². The molecule has 0 fully saturated rings. The van der Waals surface area contributed by atoms with Crippen molar-refractivity contribution in [3.05, 3.63) is 101 Å². The molecule has 200 valence electrons. The SMILES string of the molecule is O=C(/C=C/c1cc(Cl)ccc1-n1cnnn1)NC(Cc1ccccc1)C(=O)Nc1ccc(OC(F)(F)F)cc1. The van der Waals surface area contributed by atoms with E-state index in [1.54, 1.807) is 42.5 Å². The van der Waals surface area contributed by atoms with Crippen molar-refractivity contribution < 1.29 is 27.5 Å². The highest BCUT2D eigenvalue weighted by Crippen LogP contribution is 2.24. The van der Waals surface area contributed by atoms with E-state index in [4.69, 9.17) is 11.6 Å². The average molecular weight is 557 g/mol. The molecule has 0 aliphatic heterocycles. The Bertz CT molecular complexity index is 1450. The molecule has 0 aliphatic carbocycles. The fourth-order valence-electron chi connectivity index (χ4n) is 3.55. The standard InChI is InChI=1S/C26H20ClF3N6O3/c27-19-7-12-23(36-16-31-34-35-36)18(15-19)6-13-24(37)33-22(14-17-4-2-1-3-5-17)25(38)32-20-8-10-21(11-9-20)39-26(28,29)30/h1-13,15-16,22H,14H2,(H,32,38)(H,33,37)/b13-6+. The van der Waals surface area contributed by atoms with Crippen LogP contribution in [0.2, 0.25) is 5.02 Å². The Morgan fingerprint density at radius 1 is 1.05 bits per heavy atom. The molecule has 1 unspecified atom stereocenters. The Morgan fingerprint density at radius 2 is 1.79 bits per heavy atom. The number of tetrazole rings is 1. The van der Waals surface area contributed by atoms with E-state index in [1.165, 1.54) is 35.3 Å². The van der Waals surface area contributed by atoms with E-state index < -0.39 is 30.0 Å². The third-order valence-electron chi connectivity index (χ3n) is 5.27. The van der Waals surface area contributed by atoms with Crippen LogP contribution >= 0.6 is 11.6 Å². The zero-order valence-corrected chi connectivity index (χ0v) is 20.7. The minimum Gasteiger partial charge on any atom is -0.406 e. The third kappa shape index (κ3) is 8.14. The Hall–Kier alpha value is -4.71. The highest BCUT2D eigenvalue weighted by molar-refractivity contribution is 6.30. The summed E-state index contributed by atoms with van der Waals surface area (Å²) in [6.07, 6.45) is -0.526. The Balaban J connectivity index is 1.49. The molecule has 0 saturated heterocycles. The quantitative estimate of drug-likeness (QED) is 0.292. The summed E-state index contributed by atoms with van der Waals surface area (Å²) in [7, 11) is 0. The molecule has 4 rings (SSSR count). The maximum atomic E-state index is 13.1. The van der Waals surface area contributed by atoms with Crippen LogP contribution < -0.4 is 15.4 Å². The number of aromatic nitrogens is 4. The van der Waals surface area contributed by atoms with Gasteiger partial charge in [-0.2, -0.15) is 4.68 Å².